The maximum absolute atomic E-state index is 13.6. The Morgan fingerprint density at radius 1 is 1.17 bits per heavy atom. The Kier molecular flexibility index (Phi) is 2.67. The minimum atomic E-state index is -0.129. The van der Waals surface area contributed by atoms with Gasteiger partial charge in [0.2, 0.25) is 0 Å². The molecule has 1 atom stereocenters. The number of rotatable bonds is 2. The molecule has 0 spiro atoms. The smallest absolute Gasteiger partial charge is 0.128 e. The van der Waals surface area contributed by atoms with Crippen molar-refractivity contribution in [3.8, 4) is 5.75 Å². The first-order valence-corrected chi connectivity index (χ1v) is 5.96. The molecule has 0 saturated carbocycles. The standard InChI is InChI=1S/C15H14FNO/c1-18-11-7-5-10(6-8-11)15-9-12-13(16)3-2-4-14(12)17-15/h2-8,15,17H,9H2,1H3. The highest BCUT2D eigenvalue weighted by Gasteiger charge is 2.24. The Labute approximate surface area is 105 Å². The molecule has 1 N–H and O–H groups in total. The number of nitrogens with one attached hydrogen (secondary N) is 1. The van der Waals surface area contributed by atoms with Crippen molar-refractivity contribution in [3.63, 3.8) is 0 Å². The van der Waals surface area contributed by atoms with E-state index in [4.69, 9.17) is 4.74 Å². The number of methoxy groups -OCH3 is 1. The predicted molar refractivity (Wildman–Crippen MR) is 69.5 cm³/mol. The highest BCUT2D eigenvalue weighted by molar-refractivity contribution is 5.58. The van der Waals surface area contributed by atoms with E-state index in [2.05, 4.69) is 5.32 Å². The lowest BCUT2D eigenvalue weighted by Crippen LogP contribution is -2.05. The van der Waals surface area contributed by atoms with Crippen LogP contribution >= 0.6 is 0 Å². The third-order valence-corrected chi connectivity index (χ3v) is 3.38. The Morgan fingerprint density at radius 3 is 2.61 bits per heavy atom. The van der Waals surface area contributed by atoms with Gasteiger partial charge >= 0.3 is 0 Å². The zero-order chi connectivity index (χ0) is 12.5. The van der Waals surface area contributed by atoms with Gasteiger partial charge in [0.15, 0.2) is 0 Å². The van der Waals surface area contributed by atoms with Crippen molar-refractivity contribution in [1.29, 1.82) is 0 Å². The summed E-state index contributed by atoms with van der Waals surface area (Å²) in [7, 11) is 1.65. The molecule has 2 aromatic rings. The van der Waals surface area contributed by atoms with Gasteiger partial charge in [-0.15, -0.1) is 0 Å². The first-order valence-electron chi connectivity index (χ1n) is 5.96. The van der Waals surface area contributed by atoms with Crippen molar-refractivity contribution in [2.75, 3.05) is 12.4 Å². The van der Waals surface area contributed by atoms with Gasteiger partial charge in [0.05, 0.1) is 13.2 Å². The van der Waals surface area contributed by atoms with Gasteiger partial charge < -0.3 is 10.1 Å². The molecule has 1 heterocycles. The molecule has 0 bridgehead atoms. The normalized spacial score (nSPS) is 17.1. The van der Waals surface area contributed by atoms with Gasteiger partial charge in [0, 0.05) is 17.7 Å². The van der Waals surface area contributed by atoms with Gasteiger partial charge in [-0.05, 0) is 29.8 Å². The number of benzene rings is 2. The molecule has 2 aromatic carbocycles. The molecule has 92 valence electrons. The monoisotopic (exact) mass is 243 g/mol. The van der Waals surface area contributed by atoms with Crippen LogP contribution in [0.3, 0.4) is 0 Å². The van der Waals surface area contributed by atoms with Gasteiger partial charge in [0.1, 0.15) is 11.6 Å². The van der Waals surface area contributed by atoms with Gasteiger partial charge in [-0.3, -0.25) is 0 Å². The van der Waals surface area contributed by atoms with E-state index in [1.807, 2.05) is 30.3 Å². The summed E-state index contributed by atoms with van der Waals surface area (Å²) in [4.78, 5) is 0. The molecule has 1 unspecified atom stereocenters. The molecule has 1 aliphatic rings. The number of ether oxygens (including phenoxy) is 1. The zero-order valence-corrected chi connectivity index (χ0v) is 10.1. The molecule has 1 aliphatic heterocycles. The van der Waals surface area contributed by atoms with Crippen LogP contribution in [0.15, 0.2) is 42.5 Å². The first-order chi connectivity index (χ1) is 8.78. The Balaban J connectivity index is 1.86. The van der Waals surface area contributed by atoms with E-state index in [1.54, 1.807) is 13.2 Å². The molecule has 0 aromatic heterocycles. The van der Waals surface area contributed by atoms with Crippen LogP contribution in [0.1, 0.15) is 17.2 Å². The molecule has 2 nitrogen and oxygen atoms in total. The van der Waals surface area contributed by atoms with Crippen LogP contribution in [0.5, 0.6) is 5.75 Å². The van der Waals surface area contributed by atoms with Crippen LogP contribution in [0, 0.1) is 5.82 Å². The molecule has 0 fully saturated rings. The van der Waals surface area contributed by atoms with E-state index in [-0.39, 0.29) is 11.9 Å². The van der Waals surface area contributed by atoms with E-state index < -0.39 is 0 Å². The summed E-state index contributed by atoms with van der Waals surface area (Å²) >= 11 is 0. The number of halogens is 1. The number of anilines is 1. The van der Waals surface area contributed by atoms with Crippen LogP contribution in [0.25, 0.3) is 0 Å². The van der Waals surface area contributed by atoms with Crippen LogP contribution in [-0.4, -0.2) is 7.11 Å². The Morgan fingerprint density at radius 2 is 1.94 bits per heavy atom. The molecule has 3 heteroatoms. The van der Waals surface area contributed by atoms with E-state index in [0.717, 1.165) is 22.6 Å². The molecular weight excluding hydrogens is 229 g/mol. The fourth-order valence-electron chi connectivity index (χ4n) is 2.38. The average molecular weight is 243 g/mol. The van der Waals surface area contributed by atoms with Crippen LogP contribution in [0.2, 0.25) is 0 Å². The first kappa shape index (κ1) is 11.1. The van der Waals surface area contributed by atoms with Gasteiger partial charge in [-0.1, -0.05) is 18.2 Å². The second-order valence-electron chi connectivity index (χ2n) is 4.44. The summed E-state index contributed by atoms with van der Waals surface area (Å²) in [5.74, 6) is 0.705. The second-order valence-corrected chi connectivity index (χ2v) is 4.44. The van der Waals surface area contributed by atoms with Crippen molar-refractivity contribution in [3.05, 3.63) is 59.4 Å². The maximum atomic E-state index is 13.6. The summed E-state index contributed by atoms with van der Waals surface area (Å²) in [6, 6.07) is 13.2. The second kappa shape index (κ2) is 4.33. The van der Waals surface area contributed by atoms with Crippen molar-refractivity contribution in [2.24, 2.45) is 0 Å². The van der Waals surface area contributed by atoms with E-state index in [0.29, 0.717) is 6.42 Å². The topological polar surface area (TPSA) is 21.3 Å². The minimum Gasteiger partial charge on any atom is -0.497 e. The summed E-state index contributed by atoms with van der Waals surface area (Å²) in [6.07, 6.45) is 0.689. The molecule has 0 amide bonds. The third-order valence-electron chi connectivity index (χ3n) is 3.38. The van der Waals surface area contributed by atoms with Crippen LogP contribution in [-0.2, 0) is 6.42 Å². The minimum absolute atomic E-state index is 0.129. The lowest BCUT2D eigenvalue weighted by molar-refractivity contribution is 0.414. The van der Waals surface area contributed by atoms with E-state index >= 15 is 0 Å². The molecule has 0 saturated heterocycles. The molecule has 0 radical (unpaired) electrons. The largest absolute Gasteiger partial charge is 0.497 e. The highest BCUT2D eigenvalue weighted by atomic mass is 19.1. The zero-order valence-electron chi connectivity index (χ0n) is 10.1. The predicted octanol–water partition coefficient (Wildman–Crippen LogP) is 3.54. The van der Waals surface area contributed by atoms with E-state index in [1.165, 1.54) is 6.07 Å². The fraction of sp³-hybridized carbons (Fsp3) is 0.200. The van der Waals surface area contributed by atoms with Crippen molar-refractivity contribution < 1.29 is 9.13 Å². The quantitative estimate of drug-likeness (QED) is 0.871. The average Bonchev–Trinajstić information content (AvgIpc) is 2.84. The van der Waals surface area contributed by atoms with Gasteiger partial charge in [0.25, 0.3) is 0 Å². The SMILES string of the molecule is COc1ccc(C2Cc3c(F)cccc3N2)cc1. The molecule has 3 rings (SSSR count). The van der Waals surface area contributed by atoms with Crippen molar-refractivity contribution in [1.82, 2.24) is 0 Å². The highest BCUT2D eigenvalue weighted by Crippen LogP contribution is 2.35. The maximum Gasteiger partial charge on any atom is 0.128 e. The van der Waals surface area contributed by atoms with Crippen molar-refractivity contribution >= 4 is 5.69 Å². The molecular formula is C15H14FNO. The summed E-state index contributed by atoms with van der Waals surface area (Å²) in [6.45, 7) is 0. The van der Waals surface area contributed by atoms with Gasteiger partial charge in [-0.25, -0.2) is 4.39 Å². The van der Waals surface area contributed by atoms with E-state index in [9.17, 15) is 4.39 Å². The summed E-state index contributed by atoms with van der Waals surface area (Å²) < 4.78 is 18.8. The van der Waals surface area contributed by atoms with Crippen LogP contribution in [0.4, 0.5) is 10.1 Å². The summed E-state index contributed by atoms with van der Waals surface area (Å²) in [5.41, 5.74) is 2.82. The van der Waals surface area contributed by atoms with Crippen molar-refractivity contribution in [2.45, 2.75) is 12.5 Å². The number of hydrogen-bond donors (Lipinski definition) is 1. The molecule has 0 aliphatic carbocycles. The molecule has 18 heavy (non-hydrogen) atoms. The van der Waals surface area contributed by atoms with Crippen LogP contribution < -0.4 is 10.1 Å². The Bertz CT molecular complexity index is 565. The fourth-order valence-corrected chi connectivity index (χ4v) is 2.38. The Hall–Kier alpha value is -2.03. The summed E-state index contributed by atoms with van der Waals surface area (Å²) in [5, 5.41) is 3.35. The number of hydrogen-bond acceptors (Lipinski definition) is 2. The third kappa shape index (κ3) is 1.82. The number of fused-ring (bicyclic) bond motifs is 1. The lowest BCUT2D eigenvalue weighted by atomic mass is 10.0. The van der Waals surface area contributed by atoms with Gasteiger partial charge in [-0.2, -0.15) is 0 Å². The lowest BCUT2D eigenvalue weighted by Gasteiger charge is -2.12.